The number of fused-ring (bicyclic) bond motifs is 2. The number of hydrogen-bond acceptors (Lipinski definition) is 3. The van der Waals surface area contributed by atoms with Gasteiger partial charge in [-0.15, -0.1) is 0 Å². The Morgan fingerprint density at radius 1 is 1.32 bits per heavy atom. The number of carbonyl (C=O) groups is 2. The molecule has 2 bridgehead atoms. The summed E-state index contributed by atoms with van der Waals surface area (Å²) in [6.07, 6.45) is 5.24. The highest BCUT2D eigenvalue weighted by Crippen LogP contribution is 2.38. The van der Waals surface area contributed by atoms with Crippen molar-refractivity contribution in [1.82, 2.24) is 10.2 Å². The van der Waals surface area contributed by atoms with Gasteiger partial charge in [-0.05, 0) is 32.1 Å². The van der Waals surface area contributed by atoms with Crippen molar-refractivity contribution >= 4 is 12.0 Å². The van der Waals surface area contributed by atoms with E-state index >= 15 is 0 Å². The number of carboxylic acids is 1. The Kier molecular flexibility index (Phi) is 3.35. The number of hydrogen-bond donors (Lipinski definition) is 2. The second-order valence-electron chi connectivity index (χ2n) is 5.75. The van der Waals surface area contributed by atoms with Crippen LogP contribution >= 0.6 is 0 Å². The number of nitrogens with zero attached hydrogens (tertiary/aromatic N) is 1. The second-order valence-corrected chi connectivity index (χ2v) is 5.75. The van der Waals surface area contributed by atoms with Gasteiger partial charge >= 0.3 is 12.0 Å². The summed E-state index contributed by atoms with van der Waals surface area (Å²) in [6, 6.07) is -0.899. The third kappa shape index (κ3) is 2.41. The molecular weight excluding hydrogens is 248 g/mol. The zero-order valence-electron chi connectivity index (χ0n) is 10.9. The fourth-order valence-corrected chi connectivity index (χ4v) is 3.54. The molecule has 0 aliphatic carbocycles. The van der Waals surface area contributed by atoms with Gasteiger partial charge < -0.3 is 20.1 Å². The highest BCUT2D eigenvalue weighted by atomic mass is 16.5. The van der Waals surface area contributed by atoms with Crippen LogP contribution in [0.3, 0.4) is 0 Å². The maximum Gasteiger partial charge on any atom is 0.326 e. The molecule has 0 aromatic carbocycles. The van der Waals surface area contributed by atoms with Gasteiger partial charge in [0.15, 0.2) is 0 Å². The van der Waals surface area contributed by atoms with Gasteiger partial charge in [-0.1, -0.05) is 0 Å². The van der Waals surface area contributed by atoms with Gasteiger partial charge in [0.2, 0.25) is 0 Å². The molecule has 106 valence electrons. The Morgan fingerprint density at radius 3 is 2.79 bits per heavy atom. The lowest BCUT2D eigenvalue weighted by Crippen LogP contribution is -2.47. The van der Waals surface area contributed by atoms with Crippen LogP contribution in [-0.4, -0.2) is 53.3 Å². The SMILES string of the molecule is O=C(O)C1CCCN1C(=O)NCC1CC2CCC1O2. The van der Waals surface area contributed by atoms with Crippen molar-refractivity contribution in [3.63, 3.8) is 0 Å². The lowest BCUT2D eigenvalue weighted by molar-refractivity contribution is -0.141. The summed E-state index contributed by atoms with van der Waals surface area (Å²) in [6.45, 7) is 1.14. The van der Waals surface area contributed by atoms with Crippen LogP contribution in [0, 0.1) is 5.92 Å². The molecule has 0 saturated carbocycles. The van der Waals surface area contributed by atoms with Crippen molar-refractivity contribution in [2.75, 3.05) is 13.1 Å². The number of carboxylic acid groups (broad SMARTS) is 1. The molecule has 3 fully saturated rings. The average molecular weight is 268 g/mol. The van der Waals surface area contributed by atoms with Crippen LogP contribution in [0.4, 0.5) is 4.79 Å². The van der Waals surface area contributed by atoms with E-state index in [0.29, 0.717) is 37.6 Å². The van der Waals surface area contributed by atoms with Gasteiger partial charge in [-0.3, -0.25) is 0 Å². The first-order chi connectivity index (χ1) is 9.15. The summed E-state index contributed by atoms with van der Waals surface area (Å²) in [7, 11) is 0. The molecule has 2 N–H and O–H groups in total. The fourth-order valence-electron chi connectivity index (χ4n) is 3.54. The van der Waals surface area contributed by atoms with E-state index in [-0.39, 0.29) is 6.03 Å². The van der Waals surface area contributed by atoms with Gasteiger partial charge in [-0.25, -0.2) is 9.59 Å². The minimum atomic E-state index is -0.907. The van der Waals surface area contributed by atoms with E-state index in [0.717, 1.165) is 25.7 Å². The molecule has 0 radical (unpaired) electrons. The number of likely N-dealkylation sites (tertiary alicyclic amines) is 1. The van der Waals surface area contributed by atoms with Crippen molar-refractivity contribution in [2.24, 2.45) is 5.92 Å². The molecule has 3 aliphatic heterocycles. The van der Waals surface area contributed by atoms with E-state index in [9.17, 15) is 9.59 Å². The molecule has 3 rings (SSSR count). The smallest absolute Gasteiger partial charge is 0.326 e. The molecule has 3 saturated heterocycles. The number of nitrogens with one attached hydrogen (secondary N) is 1. The van der Waals surface area contributed by atoms with Crippen molar-refractivity contribution in [3.05, 3.63) is 0 Å². The number of rotatable bonds is 3. The molecule has 3 aliphatic rings. The minimum Gasteiger partial charge on any atom is -0.480 e. The van der Waals surface area contributed by atoms with Crippen LogP contribution in [0.5, 0.6) is 0 Å². The number of urea groups is 1. The largest absolute Gasteiger partial charge is 0.480 e. The quantitative estimate of drug-likeness (QED) is 0.794. The first-order valence-electron chi connectivity index (χ1n) is 7.08. The molecule has 0 spiro atoms. The van der Waals surface area contributed by atoms with Crippen LogP contribution in [0.1, 0.15) is 32.1 Å². The molecule has 0 aromatic heterocycles. The van der Waals surface area contributed by atoms with Crippen LogP contribution in [0.25, 0.3) is 0 Å². The minimum absolute atomic E-state index is 0.243. The number of carbonyl (C=O) groups excluding carboxylic acids is 1. The predicted molar refractivity (Wildman–Crippen MR) is 66.8 cm³/mol. The molecular formula is C13H20N2O4. The Morgan fingerprint density at radius 2 is 2.16 bits per heavy atom. The Hall–Kier alpha value is -1.30. The van der Waals surface area contributed by atoms with Gasteiger partial charge in [0, 0.05) is 19.0 Å². The monoisotopic (exact) mass is 268 g/mol. The van der Waals surface area contributed by atoms with E-state index in [4.69, 9.17) is 9.84 Å². The van der Waals surface area contributed by atoms with Crippen molar-refractivity contribution in [3.8, 4) is 0 Å². The summed E-state index contributed by atoms with van der Waals surface area (Å²) in [4.78, 5) is 24.5. The molecule has 6 heteroatoms. The van der Waals surface area contributed by atoms with Crippen LogP contribution in [0.2, 0.25) is 0 Å². The lowest BCUT2D eigenvalue weighted by atomic mass is 9.89. The standard InChI is InChI=1S/C13H20N2O4/c16-12(17)10-2-1-5-15(10)13(18)14-7-8-6-9-3-4-11(8)19-9/h8-11H,1-7H2,(H,14,18)(H,16,17). The first kappa shape index (κ1) is 12.7. The van der Waals surface area contributed by atoms with Crippen LogP contribution < -0.4 is 5.32 Å². The van der Waals surface area contributed by atoms with E-state index in [2.05, 4.69) is 5.32 Å². The Labute approximate surface area is 112 Å². The third-order valence-electron chi connectivity index (χ3n) is 4.55. The number of aliphatic carboxylic acids is 1. The van der Waals surface area contributed by atoms with Gasteiger partial charge in [0.05, 0.1) is 12.2 Å². The maximum atomic E-state index is 12.0. The first-order valence-corrected chi connectivity index (χ1v) is 7.08. The maximum absolute atomic E-state index is 12.0. The topological polar surface area (TPSA) is 78.9 Å². The zero-order chi connectivity index (χ0) is 13.4. The fraction of sp³-hybridized carbons (Fsp3) is 0.846. The highest BCUT2D eigenvalue weighted by Gasteiger charge is 2.41. The summed E-state index contributed by atoms with van der Waals surface area (Å²) in [5.74, 6) is -0.510. The van der Waals surface area contributed by atoms with E-state index < -0.39 is 12.0 Å². The predicted octanol–water partition coefficient (Wildman–Crippen LogP) is 0.812. The second kappa shape index (κ2) is 5.00. The average Bonchev–Trinajstić information content (AvgIpc) is 3.10. The third-order valence-corrected chi connectivity index (χ3v) is 4.55. The summed E-state index contributed by atoms with van der Waals surface area (Å²) >= 11 is 0. The van der Waals surface area contributed by atoms with Gasteiger partial charge in [0.1, 0.15) is 6.04 Å². The number of ether oxygens (including phenoxy) is 1. The summed E-state index contributed by atoms with van der Waals surface area (Å²) in [5, 5.41) is 11.9. The molecule has 2 amide bonds. The normalized spacial score (nSPS) is 36.7. The van der Waals surface area contributed by atoms with Gasteiger partial charge in [-0.2, -0.15) is 0 Å². The van der Waals surface area contributed by atoms with Crippen molar-refractivity contribution in [1.29, 1.82) is 0 Å². The molecule has 4 unspecified atom stereocenters. The van der Waals surface area contributed by atoms with E-state index in [1.54, 1.807) is 0 Å². The molecule has 4 atom stereocenters. The zero-order valence-corrected chi connectivity index (χ0v) is 10.9. The molecule has 0 aromatic rings. The van der Waals surface area contributed by atoms with Crippen LogP contribution in [0.15, 0.2) is 0 Å². The molecule has 3 heterocycles. The van der Waals surface area contributed by atoms with Gasteiger partial charge in [0.25, 0.3) is 0 Å². The van der Waals surface area contributed by atoms with E-state index in [1.807, 2.05) is 0 Å². The summed E-state index contributed by atoms with van der Waals surface area (Å²) in [5.41, 5.74) is 0. The van der Waals surface area contributed by atoms with E-state index in [1.165, 1.54) is 4.90 Å². The number of amides is 2. The Bertz CT molecular complexity index is 387. The highest BCUT2D eigenvalue weighted by molar-refractivity contribution is 5.83. The van der Waals surface area contributed by atoms with Crippen molar-refractivity contribution < 1.29 is 19.4 Å². The molecule has 6 nitrogen and oxygen atoms in total. The lowest BCUT2D eigenvalue weighted by Gasteiger charge is -2.24. The van der Waals surface area contributed by atoms with Crippen molar-refractivity contribution in [2.45, 2.75) is 50.4 Å². The Balaban J connectivity index is 1.50. The van der Waals surface area contributed by atoms with Crippen LogP contribution in [-0.2, 0) is 9.53 Å². The molecule has 19 heavy (non-hydrogen) atoms. The summed E-state index contributed by atoms with van der Waals surface area (Å²) < 4.78 is 5.74.